The van der Waals surface area contributed by atoms with Crippen LogP contribution in [0.5, 0.6) is 0 Å². The quantitative estimate of drug-likeness (QED) is 0.614. The summed E-state index contributed by atoms with van der Waals surface area (Å²) >= 11 is 0. The summed E-state index contributed by atoms with van der Waals surface area (Å²) in [6, 6.07) is 0. The molecule has 1 aliphatic heterocycles. The van der Waals surface area contributed by atoms with Gasteiger partial charge in [0.15, 0.2) is 6.61 Å². The maximum Gasteiger partial charge on any atom is 0.510 e. The second-order valence-corrected chi connectivity index (χ2v) is 2.49. The second-order valence-electron chi connectivity index (χ2n) is 2.49. The van der Waals surface area contributed by atoms with E-state index in [1.54, 1.807) is 0 Å². The van der Waals surface area contributed by atoms with Gasteiger partial charge in [-0.15, -0.1) is 0 Å². The summed E-state index contributed by atoms with van der Waals surface area (Å²) < 4.78 is 37.5. The van der Waals surface area contributed by atoms with Gasteiger partial charge in [0.25, 0.3) is 5.92 Å². The van der Waals surface area contributed by atoms with Crippen molar-refractivity contribution in [1.29, 1.82) is 0 Å². The van der Waals surface area contributed by atoms with Gasteiger partial charge in [-0.25, -0.2) is 13.6 Å². The molecule has 4 nitrogen and oxygen atoms in total. The first-order valence-corrected chi connectivity index (χ1v) is 3.30. The molecule has 0 saturated carbocycles. The van der Waals surface area contributed by atoms with Gasteiger partial charge in [0.1, 0.15) is 6.61 Å². The van der Waals surface area contributed by atoms with E-state index in [0.29, 0.717) is 6.92 Å². The summed E-state index contributed by atoms with van der Waals surface area (Å²) in [5.41, 5.74) is 0. The van der Waals surface area contributed by atoms with Crippen molar-refractivity contribution in [2.75, 3.05) is 13.2 Å². The van der Waals surface area contributed by atoms with Crippen molar-refractivity contribution in [1.82, 2.24) is 0 Å². The van der Waals surface area contributed by atoms with E-state index < -0.39 is 25.0 Å². The number of hydrogen-bond acceptors (Lipinski definition) is 4. The van der Waals surface area contributed by atoms with Crippen molar-refractivity contribution in [3.8, 4) is 0 Å². The fourth-order valence-electron chi connectivity index (χ4n) is 0.633. The van der Waals surface area contributed by atoms with Gasteiger partial charge in [0, 0.05) is 6.92 Å². The minimum Gasteiger partial charge on any atom is -0.428 e. The molecule has 0 aromatic rings. The lowest BCUT2D eigenvalue weighted by Crippen LogP contribution is -2.25. The predicted octanol–water partition coefficient (Wildman–Crippen LogP) is 1.15. The molecule has 1 aliphatic rings. The summed E-state index contributed by atoms with van der Waals surface area (Å²) in [5, 5.41) is 0. The number of halogens is 2. The van der Waals surface area contributed by atoms with Crippen molar-refractivity contribution in [2.45, 2.75) is 19.1 Å². The molecular formula is C6H8F2O4. The van der Waals surface area contributed by atoms with E-state index >= 15 is 0 Å². The average Bonchev–Trinajstić information content (AvgIpc) is 2.30. The van der Waals surface area contributed by atoms with Gasteiger partial charge in [0.05, 0.1) is 0 Å². The van der Waals surface area contributed by atoms with Crippen LogP contribution in [0, 0.1) is 0 Å². The molecule has 1 atom stereocenters. The van der Waals surface area contributed by atoms with Gasteiger partial charge >= 0.3 is 6.16 Å². The fourth-order valence-corrected chi connectivity index (χ4v) is 0.633. The highest BCUT2D eigenvalue weighted by Gasteiger charge is 2.30. The first-order chi connectivity index (χ1) is 5.47. The van der Waals surface area contributed by atoms with E-state index in [1.807, 2.05) is 0 Å². The van der Waals surface area contributed by atoms with Gasteiger partial charge in [-0.2, -0.15) is 0 Å². The van der Waals surface area contributed by atoms with Crippen molar-refractivity contribution in [2.24, 2.45) is 0 Å². The van der Waals surface area contributed by atoms with Crippen molar-refractivity contribution < 1.29 is 27.8 Å². The molecule has 1 heterocycles. The number of alkyl halides is 2. The second kappa shape index (κ2) is 3.22. The number of cyclic esters (lactones) is 2. The summed E-state index contributed by atoms with van der Waals surface area (Å²) in [7, 11) is 0. The van der Waals surface area contributed by atoms with Crippen LogP contribution >= 0.6 is 0 Å². The summed E-state index contributed by atoms with van der Waals surface area (Å²) in [5.74, 6) is -2.92. The molecule has 1 unspecified atom stereocenters. The zero-order valence-corrected chi connectivity index (χ0v) is 6.38. The first-order valence-electron chi connectivity index (χ1n) is 3.30. The molecule has 0 aromatic carbocycles. The predicted molar refractivity (Wildman–Crippen MR) is 32.8 cm³/mol. The fraction of sp³-hybridized carbons (Fsp3) is 0.833. The van der Waals surface area contributed by atoms with Crippen molar-refractivity contribution >= 4 is 6.16 Å². The summed E-state index contributed by atoms with van der Waals surface area (Å²) in [6.07, 6.45) is -1.89. The average molecular weight is 182 g/mol. The number of rotatable bonds is 3. The minimum atomic E-state index is -2.92. The van der Waals surface area contributed by atoms with Gasteiger partial charge in [0.2, 0.25) is 6.29 Å². The molecule has 0 radical (unpaired) electrons. The van der Waals surface area contributed by atoms with Crippen molar-refractivity contribution in [3.63, 3.8) is 0 Å². The van der Waals surface area contributed by atoms with Crippen LogP contribution in [0.4, 0.5) is 13.6 Å². The highest BCUT2D eigenvalue weighted by molar-refractivity contribution is 5.61. The first kappa shape index (κ1) is 9.18. The topological polar surface area (TPSA) is 44.8 Å². The van der Waals surface area contributed by atoms with Crippen LogP contribution in [0.3, 0.4) is 0 Å². The highest BCUT2D eigenvalue weighted by Crippen LogP contribution is 2.15. The summed E-state index contributed by atoms with van der Waals surface area (Å²) in [6.45, 7) is -0.201. The Morgan fingerprint density at radius 1 is 1.75 bits per heavy atom. The number of carbonyl (C=O) groups is 1. The molecule has 6 heteroatoms. The number of hydrogen-bond donors (Lipinski definition) is 0. The van der Waals surface area contributed by atoms with Crippen LogP contribution in [0.25, 0.3) is 0 Å². The third-order valence-corrected chi connectivity index (χ3v) is 1.09. The molecule has 0 N–H and O–H groups in total. The van der Waals surface area contributed by atoms with Gasteiger partial charge in [-0.05, 0) is 0 Å². The third kappa shape index (κ3) is 3.00. The van der Waals surface area contributed by atoms with E-state index in [2.05, 4.69) is 14.2 Å². The van der Waals surface area contributed by atoms with E-state index in [9.17, 15) is 13.6 Å². The molecule has 1 fully saturated rings. The molecule has 1 saturated heterocycles. The Morgan fingerprint density at radius 3 is 2.83 bits per heavy atom. The zero-order chi connectivity index (χ0) is 9.19. The molecule has 0 aliphatic carbocycles. The molecule has 0 bridgehead atoms. The van der Waals surface area contributed by atoms with E-state index in [-0.39, 0.29) is 6.61 Å². The third-order valence-electron chi connectivity index (χ3n) is 1.09. The Labute approximate surface area is 67.4 Å². The molecule has 0 aromatic heterocycles. The maximum atomic E-state index is 12.2. The minimum absolute atomic E-state index is 0.130. The monoisotopic (exact) mass is 182 g/mol. The Bertz CT molecular complexity index is 177. The van der Waals surface area contributed by atoms with E-state index in [4.69, 9.17) is 0 Å². The SMILES string of the molecule is CC(F)(F)COC1COC(=O)O1. The lowest BCUT2D eigenvalue weighted by Gasteiger charge is -2.12. The molecular weight excluding hydrogens is 174 g/mol. The lowest BCUT2D eigenvalue weighted by molar-refractivity contribution is -0.142. The smallest absolute Gasteiger partial charge is 0.428 e. The van der Waals surface area contributed by atoms with Gasteiger partial charge < -0.3 is 14.2 Å². The Hall–Kier alpha value is -0.910. The standard InChI is InChI=1S/C6H8F2O4/c1-6(7,8)3-11-4-2-10-5(9)12-4/h4H,2-3H2,1H3. The molecule has 1 rings (SSSR count). The number of ether oxygens (including phenoxy) is 3. The summed E-state index contributed by atoms with van der Waals surface area (Å²) in [4.78, 5) is 10.3. The van der Waals surface area contributed by atoms with Crippen LogP contribution in [0.15, 0.2) is 0 Å². The largest absolute Gasteiger partial charge is 0.510 e. The molecule has 0 amide bonds. The van der Waals surface area contributed by atoms with Gasteiger partial charge in [-0.3, -0.25) is 0 Å². The van der Waals surface area contributed by atoms with Crippen LogP contribution in [0.2, 0.25) is 0 Å². The molecule has 12 heavy (non-hydrogen) atoms. The van der Waals surface area contributed by atoms with Crippen LogP contribution < -0.4 is 0 Å². The Kier molecular flexibility index (Phi) is 2.46. The Morgan fingerprint density at radius 2 is 2.42 bits per heavy atom. The van der Waals surface area contributed by atoms with Crippen LogP contribution in [-0.4, -0.2) is 31.6 Å². The van der Waals surface area contributed by atoms with Crippen molar-refractivity contribution in [3.05, 3.63) is 0 Å². The Balaban J connectivity index is 2.20. The van der Waals surface area contributed by atoms with Crippen LogP contribution in [-0.2, 0) is 14.2 Å². The van der Waals surface area contributed by atoms with E-state index in [0.717, 1.165) is 0 Å². The lowest BCUT2D eigenvalue weighted by atomic mass is 10.4. The molecule has 70 valence electrons. The van der Waals surface area contributed by atoms with Gasteiger partial charge in [-0.1, -0.05) is 0 Å². The zero-order valence-electron chi connectivity index (χ0n) is 6.38. The van der Waals surface area contributed by atoms with E-state index in [1.165, 1.54) is 0 Å². The molecule has 0 spiro atoms. The highest BCUT2D eigenvalue weighted by atomic mass is 19.3. The maximum absolute atomic E-state index is 12.2. The normalized spacial score (nSPS) is 23.6. The van der Waals surface area contributed by atoms with Crippen LogP contribution in [0.1, 0.15) is 6.92 Å². The number of carbonyl (C=O) groups excluding carboxylic acids is 1.